The lowest BCUT2D eigenvalue weighted by molar-refractivity contribution is 0.0859. The molecule has 0 aliphatic carbocycles. The molecular formula is C19H21N3O3. The van der Waals surface area contributed by atoms with E-state index in [0.717, 1.165) is 5.56 Å². The number of hydrogen-bond acceptors (Lipinski definition) is 4. The lowest BCUT2D eigenvalue weighted by atomic mass is 9.89. The number of nitrogens with one attached hydrogen (secondary N) is 1. The summed E-state index contributed by atoms with van der Waals surface area (Å²) in [5.74, 6) is 0.646. The second kappa shape index (κ2) is 7.79. The van der Waals surface area contributed by atoms with Crippen LogP contribution in [0.5, 0.6) is 5.88 Å². The largest absolute Gasteiger partial charge is 0.481 e. The molecule has 1 aliphatic rings. The Balaban J connectivity index is 1.53. The van der Waals surface area contributed by atoms with Gasteiger partial charge in [0.2, 0.25) is 5.88 Å². The van der Waals surface area contributed by atoms with E-state index in [2.05, 4.69) is 10.3 Å². The zero-order valence-corrected chi connectivity index (χ0v) is 14.1. The van der Waals surface area contributed by atoms with E-state index in [9.17, 15) is 9.59 Å². The topological polar surface area (TPSA) is 71.5 Å². The molecule has 1 aromatic heterocycles. The van der Waals surface area contributed by atoms with E-state index >= 15 is 0 Å². The highest BCUT2D eigenvalue weighted by atomic mass is 16.5. The average molecular weight is 339 g/mol. The third-order valence-electron chi connectivity index (χ3n) is 4.41. The van der Waals surface area contributed by atoms with Crippen LogP contribution in [-0.4, -0.2) is 41.9 Å². The fourth-order valence-corrected chi connectivity index (χ4v) is 2.96. The maximum atomic E-state index is 12.5. The summed E-state index contributed by atoms with van der Waals surface area (Å²) in [6.45, 7) is 1.14. The van der Waals surface area contributed by atoms with Crippen LogP contribution in [0, 0.1) is 5.92 Å². The highest BCUT2D eigenvalue weighted by molar-refractivity contribution is 5.98. The molecule has 0 bridgehead atoms. The number of urea groups is 1. The Morgan fingerprint density at radius 1 is 1.12 bits per heavy atom. The van der Waals surface area contributed by atoms with Gasteiger partial charge in [0.15, 0.2) is 5.78 Å². The van der Waals surface area contributed by atoms with Gasteiger partial charge >= 0.3 is 6.03 Å². The molecule has 0 saturated carbocycles. The Kier molecular flexibility index (Phi) is 5.28. The molecule has 0 unspecified atom stereocenters. The molecule has 1 saturated heterocycles. The smallest absolute Gasteiger partial charge is 0.321 e. The van der Waals surface area contributed by atoms with Crippen LogP contribution in [0.1, 0.15) is 23.2 Å². The van der Waals surface area contributed by atoms with Crippen molar-refractivity contribution in [3.05, 3.63) is 54.2 Å². The van der Waals surface area contributed by atoms with Crippen molar-refractivity contribution < 1.29 is 14.3 Å². The quantitative estimate of drug-likeness (QED) is 0.868. The molecule has 0 spiro atoms. The number of pyridine rings is 1. The number of ketones is 1. The predicted octanol–water partition coefficient (Wildman–Crippen LogP) is 3.22. The summed E-state index contributed by atoms with van der Waals surface area (Å²) >= 11 is 0. The summed E-state index contributed by atoms with van der Waals surface area (Å²) in [7, 11) is 1.54. The van der Waals surface area contributed by atoms with E-state index in [-0.39, 0.29) is 17.7 Å². The number of hydrogen-bond donors (Lipinski definition) is 1. The first-order chi connectivity index (χ1) is 12.2. The second-order valence-corrected chi connectivity index (χ2v) is 6.01. The Hall–Kier alpha value is -2.89. The van der Waals surface area contributed by atoms with Crippen LogP contribution in [0.25, 0.3) is 0 Å². The maximum absolute atomic E-state index is 12.5. The molecule has 0 radical (unpaired) electrons. The van der Waals surface area contributed by atoms with E-state index in [4.69, 9.17) is 4.74 Å². The molecule has 1 N–H and O–H groups in total. The van der Waals surface area contributed by atoms with Crippen molar-refractivity contribution in [3.63, 3.8) is 0 Å². The van der Waals surface area contributed by atoms with Crippen LogP contribution in [0.2, 0.25) is 0 Å². The van der Waals surface area contributed by atoms with E-state index in [1.807, 2.05) is 30.3 Å². The van der Waals surface area contributed by atoms with Crippen LogP contribution in [0.3, 0.4) is 0 Å². The van der Waals surface area contributed by atoms with Gasteiger partial charge in [0.05, 0.1) is 19.0 Å². The molecule has 6 nitrogen and oxygen atoms in total. The van der Waals surface area contributed by atoms with Crippen molar-refractivity contribution >= 4 is 17.5 Å². The monoisotopic (exact) mass is 339 g/mol. The number of benzene rings is 1. The Morgan fingerprint density at radius 3 is 2.44 bits per heavy atom. The summed E-state index contributed by atoms with van der Waals surface area (Å²) in [4.78, 5) is 30.6. The van der Waals surface area contributed by atoms with Gasteiger partial charge in [0.25, 0.3) is 0 Å². The minimum atomic E-state index is -0.169. The fraction of sp³-hybridized carbons (Fsp3) is 0.316. The van der Waals surface area contributed by atoms with E-state index in [1.54, 1.807) is 30.3 Å². The van der Waals surface area contributed by atoms with Crippen LogP contribution < -0.4 is 10.1 Å². The van der Waals surface area contributed by atoms with Crippen LogP contribution in [-0.2, 0) is 0 Å². The number of likely N-dealkylation sites (tertiary alicyclic amines) is 1. The van der Waals surface area contributed by atoms with Gasteiger partial charge in [-0.05, 0) is 18.9 Å². The highest BCUT2D eigenvalue weighted by Crippen LogP contribution is 2.22. The van der Waals surface area contributed by atoms with Crippen molar-refractivity contribution in [1.82, 2.24) is 9.88 Å². The number of amides is 2. The van der Waals surface area contributed by atoms with Crippen molar-refractivity contribution in [1.29, 1.82) is 0 Å². The van der Waals surface area contributed by atoms with Gasteiger partial charge in [-0.25, -0.2) is 9.78 Å². The number of anilines is 1. The summed E-state index contributed by atoms with van der Waals surface area (Å²) < 4.78 is 4.99. The number of carbonyl (C=O) groups excluding carboxylic acids is 2. The fourth-order valence-electron chi connectivity index (χ4n) is 2.96. The summed E-state index contributed by atoms with van der Waals surface area (Å²) in [5, 5.41) is 2.82. The van der Waals surface area contributed by atoms with Crippen LogP contribution >= 0.6 is 0 Å². The molecule has 0 atom stereocenters. The average Bonchev–Trinajstić information content (AvgIpc) is 2.69. The van der Waals surface area contributed by atoms with Crippen molar-refractivity contribution in [2.75, 3.05) is 25.5 Å². The predicted molar refractivity (Wildman–Crippen MR) is 94.9 cm³/mol. The Bertz CT molecular complexity index is 723. The van der Waals surface area contributed by atoms with E-state index in [1.165, 1.54) is 0 Å². The molecule has 2 heterocycles. The van der Waals surface area contributed by atoms with Crippen LogP contribution in [0.15, 0.2) is 48.7 Å². The molecule has 1 fully saturated rings. The lowest BCUT2D eigenvalue weighted by Gasteiger charge is -2.31. The number of nitrogens with zero attached hydrogens (tertiary/aromatic N) is 2. The molecule has 6 heteroatoms. The molecule has 130 valence electrons. The van der Waals surface area contributed by atoms with Gasteiger partial charge in [0, 0.05) is 30.6 Å². The number of Topliss-reactive ketones (excluding diaryl/α,β-unsaturated/α-hetero) is 1. The SMILES string of the molecule is COc1ccc(NC(=O)N2CCC(C(=O)c3ccccc3)CC2)cn1. The molecule has 3 rings (SSSR count). The molecule has 1 aliphatic heterocycles. The Morgan fingerprint density at radius 2 is 1.84 bits per heavy atom. The first kappa shape index (κ1) is 17.0. The van der Waals surface area contributed by atoms with Crippen LogP contribution in [0.4, 0.5) is 10.5 Å². The molecule has 2 amide bonds. The summed E-state index contributed by atoms with van der Waals surface area (Å²) in [6.07, 6.45) is 2.92. The normalized spacial score (nSPS) is 14.8. The van der Waals surface area contributed by atoms with Crippen molar-refractivity contribution in [2.24, 2.45) is 5.92 Å². The molecular weight excluding hydrogens is 318 g/mol. The molecule has 1 aromatic carbocycles. The maximum Gasteiger partial charge on any atom is 0.321 e. The van der Waals surface area contributed by atoms with E-state index < -0.39 is 0 Å². The van der Waals surface area contributed by atoms with E-state index in [0.29, 0.717) is 37.5 Å². The number of carbonyl (C=O) groups is 2. The van der Waals surface area contributed by atoms with Gasteiger partial charge in [-0.15, -0.1) is 0 Å². The van der Waals surface area contributed by atoms with Gasteiger partial charge in [-0.3, -0.25) is 4.79 Å². The zero-order valence-electron chi connectivity index (χ0n) is 14.1. The standard InChI is InChI=1S/C19H21N3O3/c1-25-17-8-7-16(13-20-17)21-19(24)22-11-9-15(10-12-22)18(23)14-5-3-2-4-6-14/h2-8,13,15H,9-12H2,1H3,(H,21,24). The number of aromatic nitrogens is 1. The third kappa shape index (κ3) is 4.15. The van der Waals surface area contributed by atoms with Gasteiger partial charge in [0.1, 0.15) is 0 Å². The van der Waals surface area contributed by atoms with Crippen molar-refractivity contribution in [3.8, 4) is 5.88 Å². The first-order valence-corrected chi connectivity index (χ1v) is 8.32. The minimum Gasteiger partial charge on any atom is -0.481 e. The summed E-state index contributed by atoms with van der Waals surface area (Å²) in [5.41, 5.74) is 1.36. The first-order valence-electron chi connectivity index (χ1n) is 8.32. The van der Waals surface area contributed by atoms with Gasteiger partial charge < -0.3 is 15.0 Å². The molecule has 25 heavy (non-hydrogen) atoms. The number of methoxy groups -OCH3 is 1. The molecule has 2 aromatic rings. The lowest BCUT2D eigenvalue weighted by Crippen LogP contribution is -2.42. The van der Waals surface area contributed by atoms with Crippen molar-refractivity contribution in [2.45, 2.75) is 12.8 Å². The van der Waals surface area contributed by atoms with Gasteiger partial charge in [-0.2, -0.15) is 0 Å². The Labute approximate surface area is 146 Å². The third-order valence-corrected chi connectivity index (χ3v) is 4.41. The summed E-state index contributed by atoms with van der Waals surface area (Å²) in [6, 6.07) is 12.6. The zero-order chi connectivity index (χ0) is 17.6. The minimum absolute atomic E-state index is 0.0193. The number of piperidine rings is 1. The number of ether oxygens (including phenoxy) is 1. The second-order valence-electron chi connectivity index (χ2n) is 6.01. The van der Waals surface area contributed by atoms with Gasteiger partial charge in [-0.1, -0.05) is 30.3 Å². The highest BCUT2D eigenvalue weighted by Gasteiger charge is 2.27. The number of rotatable bonds is 4.